The third kappa shape index (κ3) is 4.30. The number of benzene rings is 3. The highest BCUT2D eigenvalue weighted by Gasteiger charge is 2.17. The lowest BCUT2D eigenvalue weighted by atomic mass is 10.1. The molecule has 32 heavy (non-hydrogen) atoms. The van der Waals surface area contributed by atoms with Crippen LogP contribution in [-0.2, 0) is 9.84 Å². The van der Waals surface area contributed by atoms with E-state index in [0.29, 0.717) is 22.3 Å². The molecule has 3 aromatic carbocycles. The van der Waals surface area contributed by atoms with E-state index < -0.39 is 21.2 Å². The SMILES string of the molecule is Nc1ccc(S(=O)(=O)c2ccc(N/C=C\C(=O)c3cc4ccccc4oc3=O)cc2)cc1. The van der Waals surface area contributed by atoms with E-state index in [1.54, 1.807) is 36.4 Å². The Labute approximate surface area is 183 Å². The van der Waals surface area contributed by atoms with Gasteiger partial charge in [-0.15, -0.1) is 0 Å². The zero-order valence-corrected chi connectivity index (χ0v) is 17.5. The smallest absolute Gasteiger partial charge is 0.347 e. The third-order valence-electron chi connectivity index (χ3n) is 4.75. The number of rotatable bonds is 6. The molecule has 0 unspecified atom stereocenters. The van der Waals surface area contributed by atoms with Crippen molar-refractivity contribution in [1.82, 2.24) is 0 Å². The van der Waals surface area contributed by atoms with E-state index in [0.717, 1.165) is 0 Å². The number of carbonyl (C=O) groups is 1. The molecule has 4 rings (SSSR count). The van der Waals surface area contributed by atoms with Crippen LogP contribution in [0.5, 0.6) is 0 Å². The molecule has 160 valence electrons. The highest BCUT2D eigenvalue weighted by molar-refractivity contribution is 7.91. The number of anilines is 2. The van der Waals surface area contributed by atoms with Gasteiger partial charge >= 0.3 is 5.63 Å². The van der Waals surface area contributed by atoms with Crippen molar-refractivity contribution in [2.45, 2.75) is 9.79 Å². The summed E-state index contributed by atoms with van der Waals surface area (Å²) in [6.07, 6.45) is 2.58. The van der Waals surface area contributed by atoms with Gasteiger partial charge in [-0.1, -0.05) is 18.2 Å². The van der Waals surface area contributed by atoms with Gasteiger partial charge in [0.05, 0.1) is 9.79 Å². The summed E-state index contributed by atoms with van der Waals surface area (Å²) in [5.74, 6) is -0.514. The number of hydrogen-bond donors (Lipinski definition) is 2. The molecule has 0 radical (unpaired) electrons. The Morgan fingerprint density at radius 1 is 0.906 bits per heavy atom. The highest BCUT2D eigenvalue weighted by Crippen LogP contribution is 2.23. The van der Waals surface area contributed by atoms with Gasteiger partial charge in [0.15, 0.2) is 5.78 Å². The number of fused-ring (bicyclic) bond motifs is 1. The minimum atomic E-state index is -3.67. The Morgan fingerprint density at radius 2 is 1.53 bits per heavy atom. The van der Waals surface area contributed by atoms with E-state index in [-0.39, 0.29) is 15.4 Å². The molecule has 0 saturated carbocycles. The molecular weight excluding hydrogens is 428 g/mol. The number of sulfone groups is 1. The van der Waals surface area contributed by atoms with Gasteiger partial charge in [0.25, 0.3) is 0 Å². The summed E-state index contributed by atoms with van der Waals surface area (Å²) in [5, 5.41) is 3.53. The molecule has 0 aliphatic rings. The van der Waals surface area contributed by atoms with Crippen LogP contribution in [0.15, 0.2) is 110 Å². The summed E-state index contributed by atoms with van der Waals surface area (Å²) in [6, 6.07) is 20.4. The molecule has 0 spiro atoms. The second-order valence-corrected chi connectivity index (χ2v) is 8.87. The van der Waals surface area contributed by atoms with Gasteiger partial charge in [-0.2, -0.15) is 0 Å². The van der Waals surface area contributed by atoms with Crippen LogP contribution >= 0.6 is 0 Å². The second-order valence-electron chi connectivity index (χ2n) is 6.92. The molecule has 3 N–H and O–H groups in total. The fourth-order valence-electron chi connectivity index (χ4n) is 3.05. The van der Waals surface area contributed by atoms with Crippen LogP contribution in [0, 0.1) is 0 Å². The lowest BCUT2D eigenvalue weighted by molar-refractivity contribution is 0.104. The molecule has 0 atom stereocenters. The zero-order chi connectivity index (χ0) is 22.7. The predicted molar refractivity (Wildman–Crippen MR) is 122 cm³/mol. The largest absolute Gasteiger partial charge is 0.422 e. The van der Waals surface area contributed by atoms with Crippen LogP contribution in [0.4, 0.5) is 11.4 Å². The quantitative estimate of drug-likeness (QED) is 0.199. The molecule has 0 amide bonds. The van der Waals surface area contributed by atoms with Crippen molar-refractivity contribution in [3.63, 3.8) is 0 Å². The summed E-state index contributed by atoms with van der Waals surface area (Å²) in [4.78, 5) is 24.7. The molecule has 4 aromatic rings. The summed E-state index contributed by atoms with van der Waals surface area (Å²) < 4.78 is 30.5. The lowest BCUT2D eigenvalue weighted by Crippen LogP contribution is -2.12. The molecule has 0 aliphatic heterocycles. The highest BCUT2D eigenvalue weighted by atomic mass is 32.2. The molecular formula is C24H18N2O5S. The number of para-hydroxylation sites is 1. The van der Waals surface area contributed by atoms with Gasteiger partial charge in [-0.25, -0.2) is 13.2 Å². The van der Waals surface area contributed by atoms with Crippen molar-refractivity contribution in [3.05, 3.63) is 107 Å². The van der Waals surface area contributed by atoms with Crippen LogP contribution in [0.1, 0.15) is 10.4 Å². The molecule has 1 aromatic heterocycles. The zero-order valence-electron chi connectivity index (χ0n) is 16.7. The van der Waals surface area contributed by atoms with Crippen molar-refractivity contribution in [2.24, 2.45) is 0 Å². The maximum atomic E-state index is 12.7. The Balaban J connectivity index is 1.47. The number of nitrogens with one attached hydrogen (secondary N) is 1. The normalized spacial score (nSPS) is 11.6. The van der Waals surface area contributed by atoms with Crippen molar-refractivity contribution in [3.8, 4) is 0 Å². The molecule has 8 heteroatoms. The maximum absolute atomic E-state index is 12.7. The monoisotopic (exact) mass is 446 g/mol. The van der Waals surface area contributed by atoms with Crippen LogP contribution in [-0.4, -0.2) is 14.2 Å². The number of nitrogens with two attached hydrogens (primary N) is 1. The van der Waals surface area contributed by atoms with Gasteiger partial charge in [0.1, 0.15) is 11.1 Å². The van der Waals surface area contributed by atoms with Crippen molar-refractivity contribution >= 4 is 38.0 Å². The first kappa shape index (κ1) is 21.1. The number of nitrogen functional groups attached to an aromatic ring is 1. The standard InChI is InChI=1S/C24H18N2O5S/c25-17-5-9-19(10-6-17)32(29,30)20-11-7-18(8-12-20)26-14-13-22(27)21-15-16-3-1-2-4-23(16)31-24(21)28/h1-15,26H,25H2/b14-13-. The fourth-order valence-corrected chi connectivity index (χ4v) is 4.31. The minimum absolute atomic E-state index is 0.0771. The van der Waals surface area contributed by atoms with Crippen LogP contribution in [0.2, 0.25) is 0 Å². The van der Waals surface area contributed by atoms with Crippen LogP contribution in [0.25, 0.3) is 11.0 Å². The van der Waals surface area contributed by atoms with Crippen LogP contribution < -0.4 is 16.7 Å². The van der Waals surface area contributed by atoms with Crippen molar-refractivity contribution < 1.29 is 17.6 Å². The van der Waals surface area contributed by atoms with Crippen molar-refractivity contribution in [2.75, 3.05) is 11.1 Å². The summed E-state index contributed by atoms with van der Waals surface area (Å²) in [7, 11) is -3.67. The Hall–Kier alpha value is -4.17. The fraction of sp³-hybridized carbons (Fsp3) is 0. The van der Waals surface area contributed by atoms with E-state index in [1.807, 2.05) is 0 Å². The second kappa shape index (κ2) is 8.52. The molecule has 1 heterocycles. The number of hydrogen-bond acceptors (Lipinski definition) is 7. The first-order valence-electron chi connectivity index (χ1n) is 9.55. The van der Waals surface area contributed by atoms with Gasteiger partial charge in [-0.3, -0.25) is 4.79 Å². The number of allylic oxidation sites excluding steroid dienone is 1. The maximum Gasteiger partial charge on any atom is 0.347 e. The lowest BCUT2D eigenvalue weighted by Gasteiger charge is -2.06. The number of carbonyl (C=O) groups excluding carboxylic acids is 1. The molecule has 0 bridgehead atoms. The molecule has 7 nitrogen and oxygen atoms in total. The predicted octanol–water partition coefficient (Wildman–Crippen LogP) is 4.02. The van der Waals surface area contributed by atoms with E-state index in [1.165, 1.54) is 54.7 Å². The third-order valence-corrected chi connectivity index (χ3v) is 6.53. The summed E-state index contributed by atoms with van der Waals surface area (Å²) in [6.45, 7) is 0. The number of ketones is 1. The Bertz CT molecular complexity index is 1490. The van der Waals surface area contributed by atoms with E-state index >= 15 is 0 Å². The van der Waals surface area contributed by atoms with E-state index in [4.69, 9.17) is 10.2 Å². The first-order chi connectivity index (χ1) is 15.3. The molecule has 0 aliphatic carbocycles. The molecule has 0 fully saturated rings. The molecule has 0 saturated heterocycles. The van der Waals surface area contributed by atoms with Gasteiger partial charge in [0.2, 0.25) is 9.84 Å². The van der Waals surface area contributed by atoms with Gasteiger partial charge in [-0.05, 0) is 60.7 Å². The minimum Gasteiger partial charge on any atom is -0.422 e. The summed E-state index contributed by atoms with van der Waals surface area (Å²) >= 11 is 0. The Kier molecular flexibility index (Phi) is 5.61. The Morgan fingerprint density at radius 3 is 2.22 bits per heavy atom. The summed E-state index contributed by atoms with van der Waals surface area (Å²) in [5.41, 5.74) is 6.27. The van der Waals surface area contributed by atoms with Crippen LogP contribution in [0.3, 0.4) is 0 Å². The van der Waals surface area contributed by atoms with Crippen molar-refractivity contribution in [1.29, 1.82) is 0 Å². The van der Waals surface area contributed by atoms with Gasteiger partial charge in [0, 0.05) is 29.0 Å². The van der Waals surface area contributed by atoms with Gasteiger partial charge < -0.3 is 15.5 Å². The average molecular weight is 446 g/mol. The van der Waals surface area contributed by atoms with E-state index in [2.05, 4.69) is 5.32 Å². The first-order valence-corrected chi connectivity index (χ1v) is 11.0. The van der Waals surface area contributed by atoms with E-state index in [9.17, 15) is 18.0 Å². The average Bonchev–Trinajstić information content (AvgIpc) is 2.79. The topological polar surface area (TPSA) is 119 Å².